The molecule has 0 bridgehead atoms. The molecule has 0 saturated heterocycles. The molecule has 0 radical (unpaired) electrons. The molecule has 1 saturated carbocycles. The van der Waals surface area contributed by atoms with Gasteiger partial charge in [0.05, 0.1) is 17.4 Å². The number of benzene rings is 1. The van der Waals surface area contributed by atoms with Crippen molar-refractivity contribution in [1.29, 1.82) is 0 Å². The molecule has 2 aliphatic rings. The van der Waals surface area contributed by atoms with Crippen LogP contribution < -0.4 is 0 Å². The summed E-state index contributed by atoms with van der Waals surface area (Å²) in [5.74, 6) is 0.0272. The van der Waals surface area contributed by atoms with Crippen LogP contribution in [-0.2, 0) is 12.6 Å². The third-order valence-electron chi connectivity index (χ3n) is 6.61. The van der Waals surface area contributed by atoms with E-state index in [4.69, 9.17) is 4.98 Å². The van der Waals surface area contributed by atoms with Gasteiger partial charge in [0.15, 0.2) is 0 Å². The Hall–Kier alpha value is -1.19. The SMILES string of the molecule is CC(C)c1nc2c(c(I)c1[C@@H](O)c1ccc(C(F)(F)F)cc1)[C@@H](O)CC1(CCC1)C2. The van der Waals surface area contributed by atoms with Crippen LogP contribution in [0.25, 0.3) is 0 Å². The molecule has 2 atom stereocenters. The van der Waals surface area contributed by atoms with Crippen molar-refractivity contribution in [3.63, 3.8) is 0 Å². The van der Waals surface area contributed by atoms with Gasteiger partial charge in [0, 0.05) is 20.4 Å². The fraction of sp³-hybridized carbons (Fsp3) is 0.522. The van der Waals surface area contributed by atoms with Gasteiger partial charge in [-0.05, 0) is 77.3 Å². The molecular weight excluding hydrogens is 506 g/mol. The van der Waals surface area contributed by atoms with Crippen LogP contribution in [-0.4, -0.2) is 15.2 Å². The number of rotatable bonds is 3. The van der Waals surface area contributed by atoms with Crippen LogP contribution in [0.3, 0.4) is 0 Å². The van der Waals surface area contributed by atoms with Crippen LogP contribution in [0, 0.1) is 8.99 Å². The van der Waals surface area contributed by atoms with Crippen molar-refractivity contribution in [2.45, 2.75) is 70.3 Å². The molecule has 1 aromatic heterocycles. The highest BCUT2D eigenvalue weighted by Crippen LogP contribution is 2.54. The molecule has 0 aliphatic heterocycles. The van der Waals surface area contributed by atoms with Gasteiger partial charge >= 0.3 is 6.18 Å². The van der Waals surface area contributed by atoms with Crippen molar-refractivity contribution in [1.82, 2.24) is 4.98 Å². The molecule has 2 N–H and O–H groups in total. The number of aliphatic hydroxyl groups excluding tert-OH is 2. The summed E-state index contributed by atoms with van der Waals surface area (Å²) in [5.41, 5.74) is 2.79. The summed E-state index contributed by atoms with van der Waals surface area (Å²) in [6.07, 6.45) is -1.23. The molecule has 2 aliphatic carbocycles. The van der Waals surface area contributed by atoms with Gasteiger partial charge in [0.1, 0.15) is 6.10 Å². The summed E-state index contributed by atoms with van der Waals surface area (Å²) in [7, 11) is 0. The van der Waals surface area contributed by atoms with Gasteiger partial charge in [-0.15, -0.1) is 0 Å². The molecule has 3 nitrogen and oxygen atoms in total. The monoisotopic (exact) mass is 531 g/mol. The number of nitrogens with zero attached hydrogens (tertiary/aromatic N) is 1. The number of hydrogen-bond acceptors (Lipinski definition) is 3. The highest BCUT2D eigenvalue weighted by Gasteiger charge is 2.45. The van der Waals surface area contributed by atoms with E-state index >= 15 is 0 Å². The minimum absolute atomic E-state index is 0.0272. The van der Waals surface area contributed by atoms with Gasteiger partial charge in [-0.1, -0.05) is 32.4 Å². The molecule has 0 unspecified atom stereocenters. The second-order valence-electron chi connectivity index (χ2n) is 9.01. The van der Waals surface area contributed by atoms with Crippen molar-refractivity contribution in [3.8, 4) is 0 Å². The average molecular weight is 531 g/mol. The molecule has 162 valence electrons. The second kappa shape index (κ2) is 7.74. The van der Waals surface area contributed by atoms with E-state index in [0.29, 0.717) is 17.5 Å². The third-order valence-corrected chi connectivity index (χ3v) is 7.77. The molecule has 1 spiro atoms. The lowest BCUT2D eigenvalue weighted by Crippen LogP contribution is -2.38. The number of alkyl halides is 3. The largest absolute Gasteiger partial charge is 0.416 e. The van der Waals surface area contributed by atoms with Crippen molar-refractivity contribution in [2.24, 2.45) is 5.41 Å². The molecular formula is C23H25F3INO2. The minimum atomic E-state index is -4.42. The second-order valence-corrected chi connectivity index (χ2v) is 10.1. The highest BCUT2D eigenvalue weighted by atomic mass is 127. The molecule has 7 heteroatoms. The number of fused-ring (bicyclic) bond motifs is 1. The summed E-state index contributed by atoms with van der Waals surface area (Å²) in [5, 5.41) is 22.1. The number of pyridine rings is 1. The molecule has 1 fully saturated rings. The third kappa shape index (κ3) is 3.77. The van der Waals surface area contributed by atoms with Crippen molar-refractivity contribution in [2.75, 3.05) is 0 Å². The Balaban J connectivity index is 1.78. The summed E-state index contributed by atoms with van der Waals surface area (Å²) < 4.78 is 39.5. The van der Waals surface area contributed by atoms with Crippen LogP contribution in [0.4, 0.5) is 13.2 Å². The number of halogens is 4. The van der Waals surface area contributed by atoms with Crippen molar-refractivity contribution < 1.29 is 23.4 Å². The van der Waals surface area contributed by atoms with Crippen LogP contribution in [0.1, 0.15) is 91.3 Å². The van der Waals surface area contributed by atoms with Crippen LogP contribution in [0.2, 0.25) is 0 Å². The van der Waals surface area contributed by atoms with E-state index in [1.807, 2.05) is 13.8 Å². The number of aliphatic hydroxyl groups is 2. The van der Waals surface area contributed by atoms with Gasteiger partial charge in [-0.3, -0.25) is 4.98 Å². The zero-order valence-electron chi connectivity index (χ0n) is 16.9. The first kappa shape index (κ1) is 22.0. The first-order valence-electron chi connectivity index (χ1n) is 10.3. The maximum atomic E-state index is 12.9. The molecule has 2 aromatic rings. The van der Waals surface area contributed by atoms with Gasteiger partial charge in [-0.2, -0.15) is 13.2 Å². The van der Waals surface area contributed by atoms with Crippen molar-refractivity contribution >= 4 is 22.6 Å². The summed E-state index contributed by atoms with van der Waals surface area (Å²) in [4.78, 5) is 4.90. The van der Waals surface area contributed by atoms with E-state index in [1.165, 1.54) is 18.6 Å². The lowest BCUT2D eigenvalue weighted by molar-refractivity contribution is -0.137. The van der Waals surface area contributed by atoms with Gasteiger partial charge in [-0.25, -0.2) is 0 Å². The summed E-state index contributed by atoms with van der Waals surface area (Å²) in [6, 6.07) is 4.60. The Morgan fingerprint density at radius 1 is 1.17 bits per heavy atom. The number of aromatic nitrogens is 1. The zero-order chi connectivity index (χ0) is 21.8. The topological polar surface area (TPSA) is 53.4 Å². The molecule has 4 rings (SSSR count). The molecule has 1 aromatic carbocycles. The highest BCUT2D eigenvalue weighted by molar-refractivity contribution is 14.1. The van der Waals surface area contributed by atoms with E-state index < -0.39 is 23.9 Å². The van der Waals surface area contributed by atoms with Crippen LogP contribution in [0.15, 0.2) is 24.3 Å². The number of hydrogen-bond donors (Lipinski definition) is 2. The Morgan fingerprint density at radius 2 is 1.80 bits per heavy atom. The Bertz CT molecular complexity index is 952. The fourth-order valence-electron chi connectivity index (χ4n) is 4.84. The Labute approximate surface area is 187 Å². The van der Waals surface area contributed by atoms with Gasteiger partial charge < -0.3 is 10.2 Å². The van der Waals surface area contributed by atoms with Crippen LogP contribution in [0.5, 0.6) is 0 Å². The molecule has 0 amide bonds. The minimum Gasteiger partial charge on any atom is -0.388 e. The lowest BCUT2D eigenvalue weighted by Gasteiger charge is -2.47. The van der Waals surface area contributed by atoms with Gasteiger partial charge in [0.2, 0.25) is 0 Å². The summed E-state index contributed by atoms with van der Waals surface area (Å²) >= 11 is 2.16. The van der Waals surface area contributed by atoms with E-state index in [9.17, 15) is 23.4 Å². The van der Waals surface area contributed by atoms with Crippen LogP contribution >= 0.6 is 22.6 Å². The normalized spacial score (nSPS) is 21.4. The predicted molar refractivity (Wildman–Crippen MR) is 116 cm³/mol. The maximum absolute atomic E-state index is 12.9. The summed E-state index contributed by atoms with van der Waals surface area (Å²) in [6.45, 7) is 3.98. The zero-order valence-corrected chi connectivity index (χ0v) is 19.1. The van der Waals surface area contributed by atoms with Crippen molar-refractivity contribution in [3.05, 3.63) is 61.5 Å². The molecule has 30 heavy (non-hydrogen) atoms. The lowest BCUT2D eigenvalue weighted by atomic mass is 9.59. The van der Waals surface area contributed by atoms with E-state index in [1.54, 1.807) is 0 Å². The van der Waals surface area contributed by atoms with E-state index in [0.717, 1.165) is 51.9 Å². The Kier molecular flexibility index (Phi) is 5.68. The maximum Gasteiger partial charge on any atom is 0.416 e. The average Bonchev–Trinajstić information content (AvgIpc) is 2.64. The van der Waals surface area contributed by atoms with E-state index in [2.05, 4.69) is 22.6 Å². The van der Waals surface area contributed by atoms with Gasteiger partial charge in [0.25, 0.3) is 0 Å². The predicted octanol–water partition coefficient (Wildman–Crippen LogP) is 6.06. The quantitative estimate of drug-likeness (QED) is 0.474. The Morgan fingerprint density at radius 3 is 2.30 bits per heavy atom. The first-order chi connectivity index (χ1) is 14.0. The fourth-order valence-corrected chi connectivity index (χ4v) is 6.08. The van der Waals surface area contributed by atoms with E-state index in [-0.39, 0.29) is 11.3 Å². The smallest absolute Gasteiger partial charge is 0.388 e. The first-order valence-corrected chi connectivity index (χ1v) is 11.4. The standard InChI is InChI=1S/C23H25F3INO2/c1-12(2)20-18(21(30)13-4-6-14(7-5-13)23(24,25)26)19(27)17-15(28-20)10-22(8-3-9-22)11-16(17)29/h4-7,12,16,21,29-30H,3,8-11H2,1-2H3/t16-,21-/m0/s1. The molecule has 1 heterocycles.